The van der Waals surface area contributed by atoms with Gasteiger partial charge in [0, 0.05) is 30.6 Å². The minimum absolute atomic E-state index is 0.0841. The molecule has 112 valence electrons. The summed E-state index contributed by atoms with van der Waals surface area (Å²) in [5, 5.41) is 13.2. The number of ether oxygens (including phenoxy) is 1. The van der Waals surface area contributed by atoms with Gasteiger partial charge in [-0.1, -0.05) is 19.4 Å². The van der Waals surface area contributed by atoms with Crippen LogP contribution in [0.4, 0.5) is 4.39 Å². The van der Waals surface area contributed by atoms with Crippen LogP contribution in [-0.2, 0) is 0 Å². The van der Waals surface area contributed by atoms with Gasteiger partial charge in [-0.2, -0.15) is 0 Å². The number of benzene rings is 1. The molecule has 2 atom stereocenters. The summed E-state index contributed by atoms with van der Waals surface area (Å²) in [6.07, 6.45) is 2.21. The Labute approximate surface area is 120 Å². The van der Waals surface area contributed by atoms with Crippen molar-refractivity contribution in [2.24, 2.45) is 0 Å². The van der Waals surface area contributed by atoms with Crippen LogP contribution >= 0.6 is 0 Å². The Morgan fingerprint density at radius 3 is 2.95 bits per heavy atom. The van der Waals surface area contributed by atoms with Crippen molar-refractivity contribution in [1.82, 2.24) is 5.32 Å². The van der Waals surface area contributed by atoms with E-state index in [-0.39, 0.29) is 23.6 Å². The molecule has 1 aromatic carbocycles. The van der Waals surface area contributed by atoms with E-state index in [9.17, 15) is 9.50 Å². The van der Waals surface area contributed by atoms with E-state index in [1.165, 1.54) is 12.1 Å². The first-order valence-electron chi connectivity index (χ1n) is 7.31. The van der Waals surface area contributed by atoms with Crippen molar-refractivity contribution >= 4 is 0 Å². The molecule has 0 radical (unpaired) electrons. The van der Waals surface area contributed by atoms with Gasteiger partial charge in [0.25, 0.3) is 0 Å². The number of aliphatic hydroxyl groups is 1. The highest BCUT2D eigenvalue weighted by Gasteiger charge is 2.33. The quantitative estimate of drug-likeness (QED) is 0.871. The van der Waals surface area contributed by atoms with Gasteiger partial charge >= 0.3 is 0 Å². The van der Waals surface area contributed by atoms with Gasteiger partial charge in [-0.05, 0) is 26.3 Å². The average molecular weight is 281 g/mol. The topological polar surface area (TPSA) is 41.5 Å². The van der Waals surface area contributed by atoms with Crippen LogP contribution in [0, 0.1) is 5.82 Å². The molecule has 1 aliphatic rings. The highest BCUT2D eigenvalue weighted by atomic mass is 19.1. The maximum atomic E-state index is 13.3. The SMILES string of the molecule is CCCC(O)CNC1CC(C)(C)Oc2cc(F)ccc21. The Morgan fingerprint density at radius 1 is 1.50 bits per heavy atom. The van der Waals surface area contributed by atoms with E-state index in [0.717, 1.165) is 24.8 Å². The molecule has 0 aliphatic carbocycles. The number of fused-ring (bicyclic) bond motifs is 1. The fraction of sp³-hybridized carbons (Fsp3) is 0.625. The van der Waals surface area contributed by atoms with Crippen LogP contribution < -0.4 is 10.1 Å². The molecule has 0 amide bonds. The first-order valence-corrected chi connectivity index (χ1v) is 7.31. The largest absolute Gasteiger partial charge is 0.487 e. The van der Waals surface area contributed by atoms with E-state index in [2.05, 4.69) is 12.2 Å². The fourth-order valence-corrected chi connectivity index (χ4v) is 2.72. The summed E-state index contributed by atoms with van der Waals surface area (Å²) < 4.78 is 19.2. The molecular formula is C16H24FNO2. The zero-order chi connectivity index (χ0) is 14.8. The van der Waals surface area contributed by atoms with Crippen molar-refractivity contribution < 1.29 is 14.2 Å². The third kappa shape index (κ3) is 3.70. The van der Waals surface area contributed by atoms with Crippen LogP contribution in [-0.4, -0.2) is 23.4 Å². The van der Waals surface area contributed by atoms with Crippen molar-refractivity contribution in [3.63, 3.8) is 0 Å². The third-order valence-electron chi connectivity index (χ3n) is 3.65. The Bertz CT molecular complexity index is 462. The van der Waals surface area contributed by atoms with Crippen molar-refractivity contribution in [3.8, 4) is 5.75 Å². The van der Waals surface area contributed by atoms with Crippen LogP contribution in [0.3, 0.4) is 0 Å². The molecule has 0 saturated heterocycles. The van der Waals surface area contributed by atoms with E-state index in [1.807, 2.05) is 13.8 Å². The molecule has 0 spiro atoms. The lowest BCUT2D eigenvalue weighted by molar-refractivity contribution is 0.0611. The molecule has 2 rings (SSSR count). The molecule has 3 nitrogen and oxygen atoms in total. The Hall–Kier alpha value is -1.13. The molecule has 1 heterocycles. The summed E-state index contributed by atoms with van der Waals surface area (Å²) in [6, 6.07) is 4.75. The molecular weight excluding hydrogens is 257 g/mol. The van der Waals surface area contributed by atoms with Gasteiger partial charge in [0.1, 0.15) is 17.2 Å². The molecule has 2 unspecified atom stereocenters. The molecule has 20 heavy (non-hydrogen) atoms. The molecule has 4 heteroatoms. The molecule has 1 aliphatic heterocycles. The Balaban J connectivity index is 2.13. The van der Waals surface area contributed by atoms with E-state index >= 15 is 0 Å². The molecule has 0 saturated carbocycles. The number of aliphatic hydroxyl groups excluding tert-OH is 1. The molecule has 0 aromatic heterocycles. The van der Waals surface area contributed by atoms with Crippen molar-refractivity contribution in [3.05, 3.63) is 29.6 Å². The average Bonchev–Trinajstić information content (AvgIpc) is 2.34. The predicted molar refractivity (Wildman–Crippen MR) is 77.4 cm³/mol. The first-order chi connectivity index (χ1) is 9.41. The van der Waals surface area contributed by atoms with Gasteiger partial charge in [-0.3, -0.25) is 0 Å². The van der Waals surface area contributed by atoms with Gasteiger partial charge in [-0.15, -0.1) is 0 Å². The fourth-order valence-electron chi connectivity index (χ4n) is 2.72. The first kappa shape index (κ1) is 15.3. The monoisotopic (exact) mass is 281 g/mol. The van der Waals surface area contributed by atoms with E-state index < -0.39 is 0 Å². The van der Waals surface area contributed by atoms with Gasteiger partial charge in [-0.25, -0.2) is 4.39 Å². The second-order valence-corrected chi connectivity index (χ2v) is 6.15. The van der Waals surface area contributed by atoms with Gasteiger partial charge in [0.05, 0.1) is 6.10 Å². The van der Waals surface area contributed by atoms with Crippen molar-refractivity contribution in [1.29, 1.82) is 0 Å². The van der Waals surface area contributed by atoms with Crippen LogP contribution in [0.15, 0.2) is 18.2 Å². The number of rotatable bonds is 5. The summed E-state index contributed by atoms with van der Waals surface area (Å²) >= 11 is 0. The summed E-state index contributed by atoms with van der Waals surface area (Å²) in [4.78, 5) is 0. The minimum Gasteiger partial charge on any atom is -0.487 e. The lowest BCUT2D eigenvalue weighted by atomic mass is 9.89. The maximum Gasteiger partial charge on any atom is 0.127 e. The normalized spacial score (nSPS) is 21.9. The maximum absolute atomic E-state index is 13.3. The molecule has 0 fully saturated rings. The van der Waals surface area contributed by atoms with E-state index in [4.69, 9.17) is 4.74 Å². The highest BCUT2D eigenvalue weighted by molar-refractivity contribution is 5.39. The smallest absolute Gasteiger partial charge is 0.127 e. The van der Waals surface area contributed by atoms with E-state index in [0.29, 0.717) is 12.3 Å². The summed E-state index contributed by atoms with van der Waals surface area (Å²) in [7, 11) is 0. The van der Waals surface area contributed by atoms with Crippen molar-refractivity contribution in [2.75, 3.05) is 6.54 Å². The third-order valence-corrected chi connectivity index (χ3v) is 3.65. The van der Waals surface area contributed by atoms with Gasteiger partial charge in [0.2, 0.25) is 0 Å². The lowest BCUT2D eigenvalue weighted by Gasteiger charge is -2.38. The molecule has 0 bridgehead atoms. The van der Waals surface area contributed by atoms with Crippen LogP contribution in [0.1, 0.15) is 51.6 Å². The number of halogens is 1. The summed E-state index contributed by atoms with van der Waals surface area (Å²) in [5.41, 5.74) is 0.628. The number of hydrogen-bond donors (Lipinski definition) is 2. The lowest BCUT2D eigenvalue weighted by Crippen LogP contribution is -2.41. The molecule has 2 N–H and O–H groups in total. The minimum atomic E-state index is -0.339. The highest BCUT2D eigenvalue weighted by Crippen LogP contribution is 2.39. The number of nitrogens with one attached hydrogen (secondary N) is 1. The Kier molecular flexibility index (Phi) is 4.66. The second kappa shape index (κ2) is 6.10. The van der Waals surface area contributed by atoms with Crippen molar-refractivity contribution in [2.45, 2.75) is 57.8 Å². The van der Waals surface area contributed by atoms with Gasteiger partial charge < -0.3 is 15.2 Å². The van der Waals surface area contributed by atoms with Crippen LogP contribution in [0.5, 0.6) is 5.75 Å². The predicted octanol–water partition coefficient (Wildman–Crippen LogP) is 3.18. The number of hydrogen-bond acceptors (Lipinski definition) is 3. The standard InChI is InChI=1S/C16H24FNO2/c1-4-5-12(19)10-18-14-9-16(2,3)20-15-8-11(17)6-7-13(14)15/h6-8,12,14,18-19H,4-5,9-10H2,1-3H3. The Morgan fingerprint density at radius 2 is 2.25 bits per heavy atom. The molecule has 1 aromatic rings. The van der Waals surface area contributed by atoms with Crippen LogP contribution in [0.2, 0.25) is 0 Å². The zero-order valence-corrected chi connectivity index (χ0v) is 12.4. The van der Waals surface area contributed by atoms with E-state index in [1.54, 1.807) is 6.07 Å². The summed E-state index contributed by atoms with van der Waals surface area (Å²) in [6.45, 7) is 6.60. The summed E-state index contributed by atoms with van der Waals surface area (Å²) in [5.74, 6) is 0.315. The van der Waals surface area contributed by atoms with Gasteiger partial charge in [0.15, 0.2) is 0 Å². The van der Waals surface area contributed by atoms with Crippen LogP contribution in [0.25, 0.3) is 0 Å². The zero-order valence-electron chi connectivity index (χ0n) is 12.4. The second-order valence-electron chi connectivity index (χ2n) is 6.15.